The van der Waals surface area contributed by atoms with Crippen LogP contribution in [0.1, 0.15) is 30.5 Å². The molecule has 7 heteroatoms. The molecule has 0 fully saturated rings. The highest BCUT2D eigenvalue weighted by Crippen LogP contribution is 2.21. The van der Waals surface area contributed by atoms with Crippen molar-refractivity contribution < 1.29 is 5.11 Å². The van der Waals surface area contributed by atoms with Gasteiger partial charge in [-0.3, -0.25) is 0 Å². The molecule has 0 aliphatic carbocycles. The molecule has 0 spiro atoms. The molecule has 0 saturated heterocycles. The van der Waals surface area contributed by atoms with Crippen LogP contribution in [0.3, 0.4) is 0 Å². The number of guanidine groups is 1. The Morgan fingerprint density at radius 1 is 1.21 bits per heavy atom. The average Bonchev–Trinajstić information content (AvgIpc) is 3.39. The molecule has 3 rings (SSSR count). The number of nitrogens with one attached hydrogen (secondary N) is 2. The molecule has 0 saturated carbocycles. The molecule has 3 aromatic rings. The third-order valence-electron chi connectivity index (χ3n) is 4.45. The number of aromatic nitrogens is 2. The Morgan fingerprint density at radius 2 is 2.00 bits per heavy atom. The van der Waals surface area contributed by atoms with Crippen molar-refractivity contribution >= 4 is 17.3 Å². The fraction of sp³-hybridized carbons (Fsp3) is 0.333. The van der Waals surface area contributed by atoms with Crippen molar-refractivity contribution in [3.8, 4) is 0 Å². The van der Waals surface area contributed by atoms with Crippen molar-refractivity contribution in [2.45, 2.75) is 32.5 Å². The lowest BCUT2D eigenvalue weighted by Crippen LogP contribution is -2.44. The predicted octanol–water partition coefficient (Wildman–Crippen LogP) is 2.96. The van der Waals surface area contributed by atoms with Crippen LogP contribution in [0.15, 0.2) is 64.8 Å². The maximum absolute atomic E-state index is 10.7. The number of nitrogens with zero attached hydrogens (tertiary/aromatic N) is 3. The van der Waals surface area contributed by atoms with Crippen molar-refractivity contribution in [1.29, 1.82) is 0 Å². The van der Waals surface area contributed by atoms with Gasteiger partial charge in [0.1, 0.15) is 5.60 Å². The number of benzene rings is 1. The molecule has 0 aliphatic heterocycles. The zero-order valence-corrected chi connectivity index (χ0v) is 17.1. The van der Waals surface area contributed by atoms with E-state index in [9.17, 15) is 5.11 Å². The Balaban J connectivity index is 1.57. The number of aliphatic imine (C=N–C) groups is 1. The van der Waals surface area contributed by atoms with E-state index < -0.39 is 5.60 Å². The van der Waals surface area contributed by atoms with Gasteiger partial charge in [0.05, 0.1) is 19.4 Å². The van der Waals surface area contributed by atoms with Gasteiger partial charge in [-0.2, -0.15) is 11.3 Å². The number of imidazole rings is 1. The fourth-order valence-corrected chi connectivity index (χ4v) is 3.56. The van der Waals surface area contributed by atoms with Gasteiger partial charge in [0.2, 0.25) is 0 Å². The van der Waals surface area contributed by atoms with Gasteiger partial charge >= 0.3 is 0 Å². The quantitative estimate of drug-likeness (QED) is 0.404. The van der Waals surface area contributed by atoms with E-state index >= 15 is 0 Å². The van der Waals surface area contributed by atoms with Crippen molar-refractivity contribution in [1.82, 2.24) is 20.2 Å². The normalized spacial score (nSPS) is 13.9. The summed E-state index contributed by atoms with van der Waals surface area (Å²) in [6.07, 6.45) is 5.56. The monoisotopic (exact) mass is 397 g/mol. The second-order valence-electron chi connectivity index (χ2n) is 6.89. The summed E-state index contributed by atoms with van der Waals surface area (Å²) < 4.78 is 2.04. The van der Waals surface area contributed by atoms with Gasteiger partial charge in [-0.15, -0.1) is 0 Å². The Kier molecular flexibility index (Phi) is 6.84. The zero-order valence-electron chi connectivity index (χ0n) is 16.3. The molecular formula is C21H27N5OS. The first kappa shape index (κ1) is 20.1. The first-order valence-electron chi connectivity index (χ1n) is 9.37. The summed E-state index contributed by atoms with van der Waals surface area (Å²) in [7, 11) is 0. The third kappa shape index (κ3) is 5.68. The number of hydrogen-bond acceptors (Lipinski definition) is 4. The summed E-state index contributed by atoms with van der Waals surface area (Å²) >= 11 is 1.58. The van der Waals surface area contributed by atoms with E-state index in [2.05, 4.69) is 44.9 Å². The predicted molar refractivity (Wildman–Crippen MR) is 114 cm³/mol. The van der Waals surface area contributed by atoms with Crippen LogP contribution in [-0.4, -0.2) is 33.7 Å². The Hall–Kier alpha value is -2.64. The highest BCUT2D eigenvalue weighted by molar-refractivity contribution is 7.08. The first-order valence-corrected chi connectivity index (χ1v) is 10.3. The molecule has 0 aliphatic rings. The van der Waals surface area contributed by atoms with Crippen LogP contribution >= 0.6 is 11.3 Å². The fourth-order valence-electron chi connectivity index (χ4n) is 2.78. The highest BCUT2D eigenvalue weighted by Gasteiger charge is 2.23. The number of aliphatic hydroxyl groups is 1. The van der Waals surface area contributed by atoms with Crippen LogP contribution in [0.5, 0.6) is 0 Å². The number of thiophene rings is 1. The van der Waals surface area contributed by atoms with Crippen LogP contribution in [0.2, 0.25) is 0 Å². The molecule has 2 heterocycles. The topological polar surface area (TPSA) is 74.5 Å². The second kappa shape index (κ2) is 9.52. The lowest BCUT2D eigenvalue weighted by molar-refractivity contribution is 0.0621. The average molecular weight is 398 g/mol. The standard InChI is InChI=1S/C21H27N5OS/c1-3-23-20(25-15-21(2,27)19-8-11-28-14-19)24-12-17-4-6-18(7-5-17)13-26-10-9-22-16-26/h4-11,14,16,27H,3,12-13,15H2,1-2H3,(H2,23,24,25). The summed E-state index contributed by atoms with van der Waals surface area (Å²) in [5, 5.41) is 21.1. The van der Waals surface area contributed by atoms with E-state index in [1.165, 1.54) is 5.56 Å². The highest BCUT2D eigenvalue weighted by atomic mass is 32.1. The van der Waals surface area contributed by atoms with Crippen LogP contribution in [-0.2, 0) is 18.7 Å². The molecular weight excluding hydrogens is 370 g/mol. The Bertz CT molecular complexity index is 855. The number of rotatable bonds is 8. The minimum absolute atomic E-state index is 0.388. The molecule has 0 radical (unpaired) electrons. The van der Waals surface area contributed by atoms with E-state index in [0.29, 0.717) is 19.0 Å². The third-order valence-corrected chi connectivity index (χ3v) is 5.14. The smallest absolute Gasteiger partial charge is 0.191 e. The molecule has 148 valence electrons. The lowest BCUT2D eigenvalue weighted by Gasteiger charge is -2.24. The van der Waals surface area contributed by atoms with Crippen LogP contribution in [0, 0.1) is 0 Å². The van der Waals surface area contributed by atoms with Gasteiger partial charge in [0.15, 0.2) is 5.96 Å². The molecule has 0 bridgehead atoms. The molecule has 28 heavy (non-hydrogen) atoms. The van der Waals surface area contributed by atoms with E-state index in [1.54, 1.807) is 17.5 Å². The largest absolute Gasteiger partial charge is 0.384 e. The van der Waals surface area contributed by atoms with Crippen molar-refractivity contribution in [2.75, 3.05) is 13.1 Å². The summed E-state index contributed by atoms with van der Waals surface area (Å²) in [4.78, 5) is 8.71. The maximum atomic E-state index is 10.7. The van der Waals surface area contributed by atoms with Gasteiger partial charge in [-0.25, -0.2) is 9.98 Å². The minimum Gasteiger partial charge on any atom is -0.384 e. The maximum Gasteiger partial charge on any atom is 0.191 e. The molecule has 6 nitrogen and oxygen atoms in total. The Morgan fingerprint density at radius 3 is 2.64 bits per heavy atom. The van der Waals surface area contributed by atoms with Gasteiger partial charge in [-0.1, -0.05) is 24.3 Å². The SMILES string of the molecule is CCNC(=NCc1ccc(Cn2ccnc2)cc1)NCC(C)(O)c1ccsc1. The minimum atomic E-state index is -0.939. The van der Waals surface area contributed by atoms with E-state index in [0.717, 1.165) is 24.2 Å². The lowest BCUT2D eigenvalue weighted by atomic mass is 9.99. The number of hydrogen-bond donors (Lipinski definition) is 3. The Labute approximate surface area is 170 Å². The zero-order chi connectivity index (χ0) is 19.8. The van der Waals surface area contributed by atoms with E-state index in [-0.39, 0.29) is 0 Å². The molecule has 0 amide bonds. The van der Waals surface area contributed by atoms with E-state index in [4.69, 9.17) is 0 Å². The molecule has 1 unspecified atom stereocenters. The van der Waals surface area contributed by atoms with Gasteiger partial charge < -0.3 is 20.3 Å². The van der Waals surface area contributed by atoms with Gasteiger partial charge in [-0.05, 0) is 47.4 Å². The molecule has 2 aromatic heterocycles. The van der Waals surface area contributed by atoms with Gasteiger partial charge in [0.25, 0.3) is 0 Å². The van der Waals surface area contributed by atoms with E-state index in [1.807, 2.05) is 47.8 Å². The van der Waals surface area contributed by atoms with Crippen molar-refractivity contribution in [3.05, 3.63) is 76.5 Å². The summed E-state index contributed by atoms with van der Waals surface area (Å²) in [5.74, 6) is 0.695. The molecule has 1 atom stereocenters. The van der Waals surface area contributed by atoms with Crippen molar-refractivity contribution in [3.63, 3.8) is 0 Å². The van der Waals surface area contributed by atoms with Crippen LogP contribution in [0.25, 0.3) is 0 Å². The summed E-state index contributed by atoms with van der Waals surface area (Å²) in [5.41, 5.74) is 2.33. The second-order valence-corrected chi connectivity index (χ2v) is 7.67. The van der Waals surface area contributed by atoms with Crippen LogP contribution < -0.4 is 10.6 Å². The first-order chi connectivity index (χ1) is 13.6. The summed E-state index contributed by atoms with van der Waals surface area (Å²) in [6.45, 7) is 6.37. The molecule has 3 N–H and O–H groups in total. The summed E-state index contributed by atoms with van der Waals surface area (Å²) in [6, 6.07) is 10.4. The molecule has 1 aromatic carbocycles. The van der Waals surface area contributed by atoms with Crippen molar-refractivity contribution in [2.24, 2.45) is 4.99 Å². The van der Waals surface area contributed by atoms with Gasteiger partial charge in [0, 0.05) is 25.5 Å². The van der Waals surface area contributed by atoms with Crippen LogP contribution in [0.4, 0.5) is 0 Å².